The summed E-state index contributed by atoms with van der Waals surface area (Å²) in [5.74, 6) is 1.07. The molecule has 0 spiro atoms. The Balaban J connectivity index is 2.03. The third-order valence-corrected chi connectivity index (χ3v) is 4.17. The van der Waals surface area contributed by atoms with Crippen LogP contribution in [0.5, 0.6) is 11.5 Å². The summed E-state index contributed by atoms with van der Waals surface area (Å²) < 4.78 is 12.8. The molecule has 3 rings (SSSR count). The van der Waals surface area contributed by atoms with E-state index < -0.39 is 0 Å². The molecule has 25 heavy (non-hydrogen) atoms. The number of benzene rings is 2. The Morgan fingerprint density at radius 3 is 2.40 bits per heavy atom. The van der Waals surface area contributed by atoms with Crippen molar-refractivity contribution in [3.8, 4) is 11.5 Å². The average Bonchev–Trinajstić information content (AvgIpc) is 2.99. The van der Waals surface area contributed by atoms with Crippen LogP contribution in [0.25, 0.3) is 11.0 Å². The third-order valence-electron chi connectivity index (χ3n) is 4.17. The van der Waals surface area contributed by atoms with E-state index in [0.29, 0.717) is 30.3 Å². The number of nitrogens with zero attached hydrogens (tertiary/aromatic N) is 2. The van der Waals surface area contributed by atoms with Crippen molar-refractivity contribution in [1.82, 2.24) is 9.55 Å². The molecule has 0 atom stereocenters. The Hall–Kier alpha value is -2.82. The fourth-order valence-corrected chi connectivity index (χ4v) is 2.75. The fraction of sp³-hybridized carbons (Fsp3) is 0.300. The highest BCUT2D eigenvalue weighted by Gasteiger charge is 2.16. The second kappa shape index (κ2) is 6.97. The molecule has 130 valence electrons. The minimum absolute atomic E-state index is 0.144. The second-order valence-corrected chi connectivity index (χ2v) is 5.87. The Kier molecular flexibility index (Phi) is 4.74. The van der Waals surface area contributed by atoms with Gasteiger partial charge in [-0.3, -0.25) is 9.36 Å². The standard InChI is InChI=1S/C20H22N2O3/c1-5-24-18-8-7-15(11-19(18)25-6-2)20(23)22-12-21-16-9-13(3)14(4)10-17(16)22/h7-12H,5-6H2,1-4H3. The van der Waals surface area contributed by atoms with Gasteiger partial charge in [0.25, 0.3) is 5.91 Å². The largest absolute Gasteiger partial charge is 0.490 e. The van der Waals surface area contributed by atoms with Crippen molar-refractivity contribution in [2.75, 3.05) is 13.2 Å². The summed E-state index contributed by atoms with van der Waals surface area (Å²) in [5, 5.41) is 0. The van der Waals surface area contributed by atoms with Crippen molar-refractivity contribution in [2.24, 2.45) is 0 Å². The molecule has 0 saturated carbocycles. The smallest absolute Gasteiger partial charge is 0.263 e. The van der Waals surface area contributed by atoms with Crippen LogP contribution in [0.4, 0.5) is 0 Å². The number of carbonyl (C=O) groups is 1. The molecular weight excluding hydrogens is 316 g/mol. The number of rotatable bonds is 5. The average molecular weight is 338 g/mol. The maximum Gasteiger partial charge on any atom is 0.263 e. The van der Waals surface area contributed by atoms with E-state index in [-0.39, 0.29) is 5.91 Å². The van der Waals surface area contributed by atoms with Crippen LogP contribution in [0, 0.1) is 13.8 Å². The van der Waals surface area contributed by atoms with Gasteiger partial charge in [-0.15, -0.1) is 0 Å². The molecule has 0 N–H and O–H groups in total. The molecular formula is C20H22N2O3. The summed E-state index contributed by atoms with van der Waals surface area (Å²) in [4.78, 5) is 17.3. The van der Waals surface area contributed by atoms with Crippen LogP contribution in [-0.2, 0) is 0 Å². The lowest BCUT2D eigenvalue weighted by atomic mass is 10.1. The van der Waals surface area contributed by atoms with Gasteiger partial charge < -0.3 is 9.47 Å². The normalized spacial score (nSPS) is 10.9. The molecule has 2 aromatic carbocycles. The third kappa shape index (κ3) is 3.22. The molecule has 0 aliphatic rings. The van der Waals surface area contributed by atoms with Crippen LogP contribution in [0.1, 0.15) is 35.3 Å². The molecule has 1 heterocycles. The van der Waals surface area contributed by atoms with Crippen molar-refractivity contribution in [3.63, 3.8) is 0 Å². The van der Waals surface area contributed by atoms with Gasteiger partial charge in [-0.1, -0.05) is 0 Å². The number of aryl methyl sites for hydroxylation is 2. The first-order valence-electron chi connectivity index (χ1n) is 8.43. The Morgan fingerprint density at radius 1 is 1.00 bits per heavy atom. The lowest BCUT2D eigenvalue weighted by Crippen LogP contribution is -2.11. The molecule has 5 nitrogen and oxygen atoms in total. The van der Waals surface area contributed by atoms with Crippen LogP contribution in [0.3, 0.4) is 0 Å². The van der Waals surface area contributed by atoms with Gasteiger partial charge in [-0.05, 0) is 69.2 Å². The van der Waals surface area contributed by atoms with Gasteiger partial charge in [0.1, 0.15) is 6.33 Å². The van der Waals surface area contributed by atoms with Crippen molar-refractivity contribution in [2.45, 2.75) is 27.7 Å². The summed E-state index contributed by atoms with van der Waals surface area (Å²) in [6.07, 6.45) is 1.57. The van der Waals surface area contributed by atoms with E-state index in [9.17, 15) is 4.79 Å². The SMILES string of the molecule is CCOc1ccc(C(=O)n2cnc3cc(C)c(C)cc32)cc1OCC. The van der Waals surface area contributed by atoms with E-state index >= 15 is 0 Å². The van der Waals surface area contributed by atoms with Crippen LogP contribution >= 0.6 is 0 Å². The molecule has 0 amide bonds. The first-order valence-corrected chi connectivity index (χ1v) is 8.43. The molecule has 0 radical (unpaired) electrons. The zero-order valence-corrected chi connectivity index (χ0v) is 15.0. The summed E-state index contributed by atoms with van der Waals surface area (Å²) in [5.41, 5.74) is 4.44. The number of ether oxygens (including phenoxy) is 2. The topological polar surface area (TPSA) is 53.4 Å². The van der Waals surface area contributed by atoms with Crippen molar-refractivity contribution in [1.29, 1.82) is 0 Å². The molecule has 3 aromatic rings. The highest BCUT2D eigenvalue weighted by molar-refractivity contribution is 6.01. The summed E-state index contributed by atoms with van der Waals surface area (Å²) in [6.45, 7) is 8.93. The van der Waals surface area contributed by atoms with Gasteiger partial charge in [0, 0.05) is 5.56 Å². The fourth-order valence-electron chi connectivity index (χ4n) is 2.75. The maximum atomic E-state index is 13.0. The Labute approximate surface area is 147 Å². The maximum absolute atomic E-state index is 13.0. The number of fused-ring (bicyclic) bond motifs is 1. The molecule has 0 fully saturated rings. The van der Waals surface area contributed by atoms with Crippen LogP contribution < -0.4 is 9.47 Å². The zero-order chi connectivity index (χ0) is 18.0. The minimum Gasteiger partial charge on any atom is -0.490 e. The minimum atomic E-state index is -0.144. The van der Waals surface area contributed by atoms with Crippen LogP contribution in [-0.4, -0.2) is 28.7 Å². The molecule has 1 aromatic heterocycles. The summed E-state index contributed by atoms with van der Waals surface area (Å²) in [7, 11) is 0. The lowest BCUT2D eigenvalue weighted by molar-refractivity contribution is 0.0964. The van der Waals surface area contributed by atoms with E-state index in [4.69, 9.17) is 9.47 Å². The van der Waals surface area contributed by atoms with Crippen molar-refractivity contribution < 1.29 is 14.3 Å². The number of carbonyl (C=O) groups excluding carboxylic acids is 1. The lowest BCUT2D eigenvalue weighted by Gasteiger charge is -2.12. The predicted molar refractivity (Wildman–Crippen MR) is 97.7 cm³/mol. The van der Waals surface area contributed by atoms with Gasteiger partial charge in [-0.25, -0.2) is 4.98 Å². The van der Waals surface area contributed by atoms with E-state index in [0.717, 1.165) is 22.2 Å². The predicted octanol–water partition coefficient (Wildman–Crippen LogP) is 4.14. The first kappa shape index (κ1) is 17.0. The quantitative estimate of drug-likeness (QED) is 0.701. The number of aromatic nitrogens is 2. The van der Waals surface area contributed by atoms with E-state index in [1.165, 1.54) is 0 Å². The molecule has 0 aliphatic carbocycles. The summed E-state index contributed by atoms with van der Waals surface area (Å²) >= 11 is 0. The molecule has 0 saturated heterocycles. The highest BCUT2D eigenvalue weighted by atomic mass is 16.5. The van der Waals surface area contributed by atoms with Gasteiger partial charge >= 0.3 is 0 Å². The van der Waals surface area contributed by atoms with E-state index in [1.54, 1.807) is 29.1 Å². The molecule has 0 unspecified atom stereocenters. The summed E-state index contributed by atoms with van der Waals surface area (Å²) in [6, 6.07) is 9.24. The van der Waals surface area contributed by atoms with E-state index in [1.807, 2.05) is 39.8 Å². The number of hydrogen-bond acceptors (Lipinski definition) is 4. The number of imidazole rings is 1. The zero-order valence-electron chi connectivity index (χ0n) is 15.0. The highest BCUT2D eigenvalue weighted by Crippen LogP contribution is 2.29. The van der Waals surface area contributed by atoms with Crippen molar-refractivity contribution >= 4 is 16.9 Å². The number of hydrogen-bond donors (Lipinski definition) is 0. The van der Waals surface area contributed by atoms with Gasteiger partial charge in [0.2, 0.25) is 0 Å². The molecule has 0 bridgehead atoms. The van der Waals surface area contributed by atoms with Crippen molar-refractivity contribution in [3.05, 3.63) is 53.3 Å². The second-order valence-electron chi connectivity index (χ2n) is 5.87. The monoisotopic (exact) mass is 338 g/mol. The van der Waals surface area contributed by atoms with E-state index in [2.05, 4.69) is 4.98 Å². The van der Waals surface area contributed by atoms with Crippen LogP contribution in [0.2, 0.25) is 0 Å². The Bertz CT molecular complexity index is 928. The Morgan fingerprint density at radius 2 is 1.68 bits per heavy atom. The molecule has 0 aliphatic heterocycles. The van der Waals surface area contributed by atoms with Gasteiger partial charge in [-0.2, -0.15) is 0 Å². The van der Waals surface area contributed by atoms with Gasteiger partial charge in [0.15, 0.2) is 11.5 Å². The van der Waals surface area contributed by atoms with Gasteiger partial charge in [0.05, 0.1) is 24.2 Å². The first-order chi connectivity index (χ1) is 12.0. The van der Waals surface area contributed by atoms with Crippen LogP contribution in [0.15, 0.2) is 36.7 Å². The molecule has 5 heteroatoms.